The second-order valence-electron chi connectivity index (χ2n) is 4.28. The van der Waals surface area contributed by atoms with Crippen molar-refractivity contribution < 1.29 is 0 Å². The van der Waals surface area contributed by atoms with Gasteiger partial charge in [0.1, 0.15) is 0 Å². The Bertz CT molecular complexity index is 501. The molecule has 1 heterocycles. The monoisotopic (exact) mass is 239 g/mol. The molecule has 0 spiro atoms. The third-order valence-electron chi connectivity index (χ3n) is 2.63. The predicted molar refractivity (Wildman–Crippen MR) is 76.3 cm³/mol. The number of nitrogens with zero attached hydrogens (tertiary/aromatic N) is 3. The van der Waals surface area contributed by atoms with Gasteiger partial charge in [-0.15, -0.1) is 0 Å². The maximum atomic E-state index is 4.39. The van der Waals surface area contributed by atoms with Gasteiger partial charge in [-0.05, 0) is 29.8 Å². The first-order valence-electron chi connectivity index (χ1n) is 5.93. The quantitative estimate of drug-likeness (QED) is 0.767. The van der Waals surface area contributed by atoms with Crippen LogP contribution in [-0.4, -0.2) is 25.3 Å². The molecular formula is C15H17N3. The Balaban J connectivity index is 1.97. The van der Waals surface area contributed by atoms with E-state index in [0.29, 0.717) is 6.54 Å². The normalized spacial score (nSPS) is 10.8. The lowest BCUT2D eigenvalue weighted by atomic mass is 10.2. The molecule has 3 heteroatoms. The zero-order chi connectivity index (χ0) is 12.8. The maximum absolute atomic E-state index is 4.39. The van der Waals surface area contributed by atoms with E-state index in [1.54, 1.807) is 6.20 Å². The van der Waals surface area contributed by atoms with E-state index in [4.69, 9.17) is 0 Å². The minimum Gasteiger partial charge on any atom is -0.378 e. The van der Waals surface area contributed by atoms with Gasteiger partial charge in [-0.2, -0.15) is 0 Å². The zero-order valence-corrected chi connectivity index (χ0v) is 10.7. The maximum Gasteiger partial charge on any atom is 0.0811 e. The van der Waals surface area contributed by atoms with E-state index in [-0.39, 0.29) is 0 Å². The third-order valence-corrected chi connectivity index (χ3v) is 2.63. The van der Waals surface area contributed by atoms with Crippen LogP contribution in [0.2, 0.25) is 0 Å². The van der Waals surface area contributed by atoms with Crippen LogP contribution in [0.25, 0.3) is 0 Å². The topological polar surface area (TPSA) is 28.5 Å². The highest BCUT2D eigenvalue weighted by Gasteiger charge is 1.94. The summed E-state index contributed by atoms with van der Waals surface area (Å²) < 4.78 is 0. The number of aromatic nitrogens is 1. The summed E-state index contributed by atoms with van der Waals surface area (Å²) in [5.74, 6) is 0. The molecule has 0 saturated carbocycles. The van der Waals surface area contributed by atoms with Gasteiger partial charge in [-0.25, -0.2) is 0 Å². The standard InChI is InChI=1S/C15H17N3/c1-18(2)15-8-6-13(7-9-15)11-16-12-14-5-3-4-10-17-14/h3-11H,12H2,1-2H3. The minimum atomic E-state index is 0.621. The first kappa shape index (κ1) is 12.3. The second kappa shape index (κ2) is 5.96. The molecule has 0 saturated heterocycles. The third kappa shape index (κ3) is 3.42. The van der Waals surface area contributed by atoms with Crippen LogP contribution in [0.5, 0.6) is 0 Å². The highest BCUT2D eigenvalue weighted by molar-refractivity contribution is 5.80. The molecule has 0 aliphatic carbocycles. The van der Waals surface area contributed by atoms with Gasteiger partial charge in [0.15, 0.2) is 0 Å². The largest absolute Gasteiger partial charge is 0.378 e. The number of benzene rings is 1. The van der Waals surface area contributed by atoms with Crippen molar-refractivity contribution in [2.45, 2.75) is 6.54 Å². The van der Waals surface area contributed by atoms with Crippen molar-refractivity contribution in [3.05, 3.63) is 59.9 Å². The first-order valence-corrected chi connectivity index (χ1v) is 5.93. The van der Waals surface area contributed by atoms with Crippen molar-refractivity contribution in [3.63, 3.8) is 0 Å². The first-order chi connectivity index (χ1) is 8.75. The molecule has 0 unspecified atom stereocenters. The van der Waals surface area contributed by atoms with E-state index in [1.807, 2.05) is 38.5 Å². The van der Waals surface area contributed by atoms with Gasteiger partial charge in [-0.1, -0.05) is 18.2 Å². The highest BCUT2D eigenvalue weighted by atomic mass is 15.1. The van der Waals surface area contributed by atoms with Crippen molar-refractivity contribution in [1.29, 1.82) is 0 Å². The number of hydrogen-bond acceptors (Lipinski definition) is 3. The van der Waals surface area contributed by atoms with Crippen molar-refractivity contribution in [2.75, 3.05) is 19.0 Å². The summed E-state index contributed by atoms with van der Waals surface area (Å²) in [7, 11) is 4.06. The lowest BCUT2D eigenvalue weighted by Gasteiger charge is -2.11. The van der Waals surface area contributed by atoms with E-state index < -0.39 is 0 Å². The van der Waals surface area contributed by atoms with Gasteiger partial charge in [0.25, 0.3) is 0 Å². The van der Waals surface area contributed by atoms with Crippen molar-refractivity contribution in [3.8, 4) is 0 Å². The summed E-state index contributed by atoms with van der Waals surface area (Å²) in [6.07, 6.45) is 3.67. The number of rotatable bonds is 4. The van der Waals surface area contributed by atoms with Gasteiger partial charge in [-0.3, -0.25) is 9.98 Å². The molecule has 0 radical (unpaired) electrons. The van der Waals surface area contributed by atoms with E-state index in [0.717, 1.165) is 11.3 Å². The predicted octanol–water partition coefficient (Wildman–Crippen LogP) is 2.77. The number of aliphatic imine (C=N–C) groups is 1. The molecule has 0 N–H and O–H groups in total. The van der Waals surface area contributed by atoms with E-state index >= 15 is 0 Å². The molecular weight excluding hydrogens is 222 g/mol. The number of hydrogen-bond donors (Lipinski definition) is 0. The Hall–Kier alpha value is -2.16. The molecule has 3 nitrogen and oxygen atoms in total. The van der Waals surface area contributed by atoms with Crippen LogP contribution in [0.3, 0.4) is 0 Å². The minimum absolute atomic E-state index is 0.621. The summed E-state index contributed by atoms with van der Waals surface area (Å²) in [6.45, 7) is 0.621. The van der Waals surface area contributed by atoms with Crippen LogP contribution >= 0.6 is 0 Å². The molecule has 0 atom stereocenters. The molecule has 0 aliphatic heterocycles. The van der Waals surface area contributed by atoms with Crippen LogP contribution in [0.15, 0.2) is 53.7 Å². The summed E-state index contributed by atoms with van der Waals surface area (Å²) in [5.41, 5.74) is 3.28. The summed E-state index contributed by atoms with van der Waals surface area (Å²) in [4.78, 5) is 10.7. The smallest absolute Gasteiger partial charge is 0.0811 e. The Kier molecular flexibility index (Phi) is 4.07. The Morgan fingerprint density at radius 2 is 1.89 bits per heavy atom. The van der Waals surface area contributed by atoms with Crippen LogP contribution in [0, 0.1) is 0 Å². The average molecular weight is 239 g/mol. The molecule has 1 aromatic carbocycles. The van der Waals surface area contributed by atoms with Gasteiger partial charge < -0.3 is 4.90 Å². The van der Waals surface area contributed by atoms with Crippen molar-refractivity contribution >= 4 is 11.9 Å². The fourth-order valence-corrected chi connectivity index (χ4v) is 1.59. The molecule has 0 aliphatic rings. The molecule has 0 fully saturated rings. The number of anilines is 1. The van der Waals surface area contributed by atoms with Gasteiger partial charge in [0, 0.05) is 32.2 Å². The average Bonchev–Trinajstić information content (AvgIpc) is 2.40. The van der Waals surface area contributed by atoms with Crippen LogP contribution in [-0.2, 0) is 6.54 Å². The Labute approximate surface area is 108 Å². The fraction of sp³-hybridized carbons (Fsp3) is 0.200. The Morgan fingerprint density at radius 1 is 1.11 bits per heavy atom. The van der Waals surface area contributed by atoms with Crippen LogP contribution < -0.4 is 4.90 Å². The highest BCUT2D eigenvalue weighted by Crippen LogP contribution is 2.11. The van der Waals surface area contributed by atoms with Gasteiger partial charge >= 0.3 is 0 Å². The van der Waals surface area contributed by atoms with Gasteiger partial charge in [0.05, 0.1) is 12.2 Å². The molecule has 1 aromatic heterocycles. The molecule has 2 rings (SSSR count). The summed E-state index contributed by atoms with van der Waals surface area (Å²) >= 11 is 0. The molecule has 18 heavy (non-hydrogen) atoms. The van der Waals surface area contributed by atoms with Crippen LogP contribution in [0.4, 0.5) is 5.69 Å². The van der Waals surface area contributed by atoms with Gasteiger partial charge in [0.2, 0.25) is 0 Å². The number of pyridine rings is 1. The second-order valence-corrected chi connectivity index (χ2v) is 4.28. The molecule has 92 valence electrons. The lowest BCUT2D eigenvalue weighted by Crippen LogP contribution is -2.08. The van der Waals surface area contributed by atoms with Crippen molar-refractivity contribution in [1.82, 2.24) is 4.98 Å². The van der Waals surface area contributed by atoms with Crippen LogP contribution in [0.1, 0.15) is 11.3 Å². The zero-order valence-electron chi connectivity index (χ0n) is 10.7. The fourth-order valence-electron chi connectivity index (χ4n) is 1.59. The van der Waals surface area contributed by atoms with E-state index in [2.05, 4.69) is 39.1 Å². The molecule has 0 bridgehead atoms. The van der Waals surface area contributed by atoms with Crippen molar-refractivity contribution in [2.24, 2.45) is 4.99 Å². The molecule has 0 amide bonds. The summed E-state index contributed by atoms with van der Waals surface area (Å²) in [6, 6.07) is 14.2. The Morgan fingerprint density at radius 3 is 2.50 bits per heavy atom. The SMILES string of the molecule is CN(C)c1ccc(C=NCc2ccccn2)cc1. The summed E-state index contributed by atoms with van der Waals surface area (Å²) in [5, 5.41) is 0. The molecule has 2 aromatic rings. The van der Waals surface area contributed by atoms with E-state index in [9.17, 15) is 0 Å². The van der Waals surface area contributed by atoms with E-state index in [1.165, 1.54) is 5.69 Å². The lowest BCUT2D eigenvalue weighted by molar-refractivity contribution is 0.995.